The highest BCUT2D eigenvalue weighted by molar-refractivity contribution is 5.28. The van der Waals surface area contributed by atoms with Crippen molar-refractivity contribution in [3.05, 3.63) is 70.8 Å². The Morgan fingerprint density at radius 3 is 1.95 bits per heavy atom. The molecule has 2 rings (SSSR count). The van der Waals surface area contributed by atoms with Crippen LogP contribution in [0.5, 0.6) is 0 Å². The van der Waals surface area contributed by atoms with Crippen molar-refractivity contribution in [2.75, 3.05) is 6.54 Å². The highest BCUT2D eigenvalue weighted by atomic mass is 14.9. The molecule has 0 bridgehead atoms. The van der Waals surface area contributed by atoms with Crippen LogP contribution in [0.4, 0.5) is 0 Å². The van der Waals surface area contributed by atoms with E-state index < -0.39 is 0 Å². The topological polar surface area (TPSA) is 12.0 Å². The number of aryl methyl sites for hydroxylation is 2. The van der Waals surface area contributed by atoms with Gasteiger partial charge in [0.05, 0.1) is 0 Å². The van der Waals surface area contributed by atoms with Crippen molar-refractivity contribution in [1.29, 1.82) is 0 Å². The third-order valence-electron chi connectivity index (χ3n) is 3.68. The zero-order valence-electron chi connectivity index (χ0n) is 12.8. The summed E-state index contributed by atoms with van der Waals surface area (Å²) < 4.78 is 0. The molecular weight excluding hydrogens is 242 g/mol. The Balaban J connectivity index is 2.14. The van der Waals surface area contributed by atoms with E-state index in [4.69, 9.17) is 0 Å². The van der Waals surface area contributed by atoms with Gasteiger partial charge in [-0.2, -0.15) is 0 Å². The van der Waals surface area contributed by atoms with Crippen molar-refractivity contribution in [3.8, 4) is 0 Å². The molecule has 0 radical (unpaired) electrons. The van der Waals surface area contributed by atoms with Crippen LogP contribution in [0, 0.1) is 13.8 Å². The van der Waals surface area contributed by atoms with Crippen molar-refractivity contribution < 1.29 is 0 Å². The van der Waals surface area contributed by atoms with Gasteiger partial charge in [-0.25, -0.2) is 0 Å². The van der Waals surface area contributed by atoms with E-state index in [1.807, 2.05) is 0 Å². The Morgan fingerprint density at radius 2 is 1.40 bits per heavy atom. The molecule has 1 nitrogen and oxygen atoms in total. The van der Waals surface area contributed by atoms with Gasteiger partial charge in [0.25, 0.3) is 0 Å². The molecule has 0 amide bonds. The highest BCUT2D eigenvalue weighted by Crippen LogP contribution is 2.19. The number of hydrogen-bond acceptors (Lipinski definition) is 1. The van der Waals surface area contributed by atoms with Crippen LogP contribution in [0.2, 0.25) is 0 Å². The second kappa shape index (κ2) is 7.25. The number of benzene rings is 2. The summed E-state index contributed by atoms with van der Waals surface area (Å²) in [6.07, 6.45) is 2.21. The zero-order chi connectivity index (χ0) is 14.4. The second-order valence-corrected chi connectivity index (χ2v) is 5.61. The molecule has 1 unspecified atom stereocenters. The molecular formula is C19H25N. The first-order valence-electron chi connectivity index (χ1n) is 7.54. The van der Waals surface area contributed by atoms with Crippen LogP contribution in [0.25, 0.3) is 0 Å². The minimum absolute atomic E-state index is 0.401. The minimum atomic E-state index is 0.401. The van der Waals surface area contributed by atoms with Crippen molar-refractivity contribution in [3.63, 3.8) is 0 Å². The van der Waals surface area contributed by atoms with E-state index in [0.717, 1.165) is 19.4 Å². The van der Waals surface area contributed by atoms with Gasteiger partial charge in [-0.3, -0.25) is 0 Å². The van der Waals surface area contributed by atoms with E-state index in [-0.39, 0.29) is 0 Å². The van der Waals surface area contributed by atoms with E-state index in [1.165, 1.54) is 22.3 Å². The molecule has 0 aliphatic heterocycles. The Hall–Kier alpha value is -1.60. The molecule has 20 heavy (non-hydrogen) atoms. The van der Waals surface area contributed by atoms with Crippen LogP contribution >= 0.6 is 0 Å². The Morgan fingerprint density at radius 1 is 0.850 bits per heavy atom. The standard InChI is InChI=1S/C19H25N/c1-4-13-20-19(18-11-7-16(3)8-12-18)14-17-9-5-15(2)6-10-17/h5-12,19-20H,4,13-14H2,1-3H3. The predicted octanol–water partition coefficient (Wildman–Crippen LogP) is 4.59. The van der Waals surface area contributed by atoms with Gasteiger partial charge in [-0.05, 0) is 44.4 Å². The average Bonchev–Trinajstić information content (AvgIpc) is 2.46. The average molecular weight is 267 g/mol. The molecule has 1 N–H and O–H groups in total. The van der Waals surface area contributed by atoms with E-state index in [9.17, 15) is 0 Å². The van der Waals surface area contributed by atoms with Gasteiger partial charge in [-0.1, -0.05) is 66.6 Å². The molecule has 1 heteroatoms. The molecule has 0 saturated carbocycles. The SMILES string of the molecule is CCCNC(Cc1ccc(C)cc1)c1ccc(C)cc1. The van der Waals surface area contributed by atoms with Gasteiger partial charge in [0.15, 0.2) is 0 Å². The van der Waals surface area contributed by atoms with Gasteiger partial charge in [0, 0.05) is 6.04 Å². The first-order chi connectivity index (χ1) is 9.69. The smallest absolute Gasteiger partial charge is 0.0360 e. The van der Waals surface area contributed by atoms with E-state index in [0.29, 0.717) is 6.04 Å². The maximum Gasteiger partial charge on any atom is 0.0360 e. The van der Waals surface area contributed by atoms with Crippen LogP contribution in [0.15, 0.2) is 48.5 Å². The van der Waals surface area contributed by atoms with Gasteiger partial charge in [-0.15, -0.1) is 0 Å². The third-order valence-corrected chi connectivity index (χ3v) is 3.68. The van der Waals surface area contributed by atoms with Crippen LogP contribution in [0.1, 0.15) is 41.6 Å². The van der Waals surface area contributed by atoms with Crippen molar-refractivity contribution in [2.45, 2.75) is 39.7 Å². The molecule has 0 heterocycles. The molecule has 1 atom stereocenters. The van der Waals surface area contributed by atoms with E-state index in [2.05, 4.69) is 74.6 Å². The fourth-order valence-corrected chi connectivity index (χ4v) is 2.39. The Labute approximate surface area is 123 Å². The first-order valence-corrected chi connectivity index (χ1v) is 7.54. The predicted molar refractivity (Wildman–Crippen MR) is 87.1 cm³/mol. The fraction of sp³-hybridized carbons (Fsp3) is 0.368. The lowest BCUT2D eigenvalue weighted by Crippen LogP contribution is -2.24. The summed E-state index contributed by atoms with van der Waals surface area (Å²) in [6.45, 7) is 7.55. The highest BCUT2D eigenvalue weighted by Gasteiger charge is 2.11. The molecule has 0 saturated heterocycles. The van der Waals surface area contributed by atoms with Gasteiger partial charge in [0.2, 0.25) is 0 Å². The minimum Gasteiger partial charge on any atom is -0.310 e. The first kappa shape index (κ1) is 14.8. The molecule has 2 aromatic rings. The normalized spacial score (nSPS) is 12.3. The quantitative estimate of drug-likeness (QED) is 0.807. The lowest BCUT2D eigenvalue weighted by molar-refractivity contribution is 0.529. The van der Waals surface area contributed by atoms with Crippen molar-refractivity contribution in [2.24, 2.45) is 0 Å². The summed E-state index contributed by atoms with van der Waals surface area (Å²) in [4.78, 5) is 0. The summed E-state index contributed by atoms with van der Waals surface area (Å²) in [5, 5.41) is 3.67. The Bertz CT molecular complexity index is 510. The summed E-state index contributed by atoms with van der Waals surface area (Å²) in [6, 6.07) is 18.2. The maximum atomic E-state index is 3.67. The molecule has 0 spiro atoms. The van der Waals surface area contributed by atoms with Crippen LogP contribution in [-0.2, 0) is 6.42 Å². The number of hydrogen-bond donors (Lipinski definition) is 1. The lowest BCUT2D eigenvalue weighted by Gasteiger charge is -2.19. The molecule has 2 aromatic carbocycles. The Kier molecular flexibility index (Phi) is 5.37. The lowest BCUT2D eigenvalue weighted by atomic mass is 9.97. The third kappa shape index (κ3) is 4.21. The van der Waals surface area contributed by atoms with Gasteiger partial charge >= 0.3 is 0 Å². The molecule has 106 valence electrons. The van der Waals surface area contributed by atoms with Crippen LogP contribution in [-0.4, -0.2) is 6.54 Å². The molecule has 0 aliphatic carbocycles. The number of rotatable bonds is 6. The molecule has 0 aromatic heterocycles. The van der Waals surface area contributed by atoms with Crippen molar-refractivity contribution in [1.82, 2.24) is 5.32 Å². The molecule has 0 aliphatic rings. The van der Waals surface area contributed by atoms with Crippen LogP contribution < -0.4 is 5.32 Å². The largest absolute Gasteiger partial charge is 0.310 e. The van der Waals surface area contributed by atoms with Crippen molar-refractivity contribution >= 4 is 0 Å². The molecule has 0 fully saturated rings. The van der Waals surface area contributed by atoms with Gasteiger partial charge in [0.1, 0.15) is 0 Å². The van der Waals surface area contributed by atoms with E-state index >= 15 is 0 Å². The summed E-state index contributed by atoms with van der Waals surface area (Å²) >= 11 is 0. The van der Waals surface area contributed by atoms with E-state index in [1.54, 1.807) is 0 Å². The van der Waals surface area contributed by atoms with Gasteiger partial charge < -0.3 is 5.32 Å². The fourth-order valence-electron chi connectivity index (χ4n) is 2.39. The monoisotopic (exact) mass is 267 g/mol. The maximum absolute atomic E-state index is 3.67. The van der Waals surface area contributed by atoms with Crippen LogP contribution in [0.3, 0.4) is 0 Å². The second-order valence-electron chi connectivity index (χ2n) is 5.61. The summed E-state index contributed by atoms with van der Waals surface area (Å²) in [5.41, 5.74) is 5.41. The number of nitrogens with one attached hydrogen (secondary N) is 1. The zero-order valence-corrected chi connectivity index (χ0v) is 12.8. The summed E-state index contributed by atoms with van der Waals surface area (Å²) in [7, 11) is 0. The summed E-state index contributed by atoms with van der Waals surface area (Å²) in [5.74, 6) is 0.